The molecule has 1 heterocycles. The minimum Gasteiger partial charge on any atom is -0.497 e. The summed E-state index contributed by atoms with van der Waals surface area (Å²) in [4.78, 5) is 0. The molecule has 0 aliphatic carbocycles. The number of hydrogen-bond donors (Lipinski definition) is 1. The molecule has 0 amide bonds. The number of ether oxygens (including phenoxy) is 2. The second-order valence-electron chi connectivity index (χ2n) is 3.34. The molecule has 3 nitrogen and oxygen atoms in total. The van der Waals surface area contributed by atoms with Crippen LogP contribution in [-0.4, -0.2) is 20.3 Å². The van der Waals surface area contributed by atoms with E-state index in [9.17, 15) is 0 Å². The number of nitrogens with one attached hydrogen (secondary N) is 1. The summed E-state index contributed by atoms with van der Waals surface area (Å²) < 4.78 is 10.8. The van der Waals surface area contributed by atoms with Crippen LogP contribution in [0.2, 0.25) is 0 Å². The van der Waals surface area contributed by atoms with Crippen LogP contribution in [0.3, 0.4) is 0 Å². The van der Waals surface area contributed by atoms with Crippen molar-refractivity contribution >= 4 is 12.4 Å². The van der Waals surface area contributed by atoms with Gasteiger partial charge in [0.2, 0.25) is 0 Å². The van der Waals surface area contributed by atoms with Gasteiger partial charge < -0.3 is 9.47 Å². The van der Waals surface area contributed by atoms with E-state index in [1.54, 1.807) is 7.11 Å². The molecule has 1 aromatic carbocycles. The standard InChI is InChI=1S/C11H15NO2.ClH/c1-13-10-5-2-4-9(8-10)11-12-6-3-7-14-11;/h2,4-5,8,11-12H,3,6-7H2,1H3;1H. The van der Waals surface area contributed by atoms with Crippen LogP contribution < -0.4 is 10.1 Å². The van der Waals surface area contributed by atoms with Gasteiger partial charge in [0.05, 0.1) is 13.7 Å². The van der Waals surface area contributed by atoms with Crippen molar-refractivity contribution in [2.24, 2.45) is 0 Å². The van der Waals surface area contributed by atoms with Crippen LogP contribution in [0.4, 0.5) is 0 Å². The molecule has 0 saturated carbocycles. The molecule has 4 heteroatoms. The van der Waals surface area contributed by atoms with Gasteiger partial charge in [-0.05, 0) is 24.1 Å². The third-order valence-electron chi connectivity index (χ3n) is 2.33. The van der Waals surface area contributed by atoms with Crippen LogP contribution in [-0.2, 0) is 4.74 Å². The Hall–Kier alpha value is -0.770. The molecule has 1 saturated heterocycles. The Labute approximate surface area is 96.2 Å². The lowest BCUT2D eigenvalue weighted by Gasteiger charge is -2.24. The summed E-state index contributed by atoms with van der Waals surface area (Å²) in [6.07, 6.45) is 1.11. The van der Waals surface area contributed by atoms with Crippen LogP contribution in [0.5, 0.6) is 5.75 Å². The van der Waals surface area contributed by atoms with Crippen LogP contribution in [0.15, 0.2) is 24.3 Å². The fraction of sp³-hybridized carbons (Fsp3) is 0.455. The first-order valence-corrected chi connectivity index (χ1v) is 4.89. The predicted molar refractivity (Wildman–Crippen MR) is 61.6 cm³/mol. The topological polar surface area (TPSA) is 30.5 Å². The van der Waals surface area contributed by atoms with Crippen molar-refractivity contribution in [1.82, 2.24) is 5.32 Å². The normalized spacial score (nSPS) is 20.5. The van der Waals surface area contributed by atoms with E-state index in [0.717, 1.165) is 30.9 Å². The fourth-order valence-corrected chi connectivity index (χ4v) is 1.58. The highest BCUT2D eigenvalue weighted by Crippen LogP contribution is 2.21. The molecule has 84 valence electrons. The third-order valence-corrected chi connectivity index (χ3v) is 2.33. The second kappa shape index (κ2) is 5.95. The van der Waals surface area contributed by atoms with Gasteiger partial charge >= 0.3 is 0 Å². The quantitative estimate of drug-likeness (QED) is 0.843. The predicted octanol–water partition coefficient (Wildman–Crippen LogP) is 2.13. The summed E-state index contributed by atoms with van der Waals surface area (Å²) in [5, 5.41) is 3.31. The Morgan fingerprint density at radius 1 is 1.47 bits per heavy atom. The van der Waals surface area contributed by atoms with Gasteiger partial charge in [0.15, 0.2) is 0 Å². The number of halogens is 1. The Bertz CT molecular complexity index is 300. The first kappa shape index (κ1) is 12.3. The van der Waals surface area contributed by atoms with Crippen molar-refractivity contribution in [3.8, 4) is 5.75 Å². The van der Waals surface area contributed by atoms with Crippen molar-refractivity contribution in [2.75, 3.05) is 20.3 Å². The molecule has 1 unspecified atom stereocenters. The Morgan fingerprint density at radius 2 is 2.33 bits per heavy atom. The molecule has 1 aliphatic heterocycles. The van der Waals surface area contributed by atoms with Gasteiger partial charge in [0.25, 0.3) is 0 Å². The second-order valence-corrected chi connectivity index (χ2v) is 3.34. The van der Waals surface area contributed by atoms with Crippen LogP contribution in [0.25, 0.3) is 0 Å². The van der Waals surface area contributed by atoms with Gasteiger partial charge in [0, 0.05) is 6.54 Å². The van der Waals surface area contributed by atoms with E-state index >= 15 is 0 Å². The average molecular weight is 230 g/mol. The fourth-order valence-electron chi connectivity index (χ4n) is 1.58. The molecule has 0 aromatic heterocycles. The Kier molecular flexibility index (Phi) is 4.88. The molecule has 1 fully saturated rings. The number of hydrogen-bond acceptors (Lipinski definition) is 3. The maximum absolute atomic E-state index is 5.60. The zero-order chi connectivity index (χ0) is 9.80. The third kappa shape index (κ3) is 3.09. The minimum absolute atomic E-state index is 0. The Morgan fingerprint density at radius 3 is 3.00 bits per heavy atom. The van der Waals surface area contributed by atoms with Crippen molar-refractivity contribution < 1.29 is 9.47 Å². The summed E-state index contributed by atoms with van der Waals surface area (Å²) in [6.45, 7) is 1.84. The van der Waals surface area contributed by atoms with Gasteiger partial charge in [-0.25, -0.2) is 0 Å². The van der Waals surface area contributed by atoms with E-state index in [1.807, 2.05) is 24.3 Å². The highest BCUT2D eigenvalue weighted by Gasteiger charge is 2.14. The molecule has 1 N–H and O–H groups in total. The van der Waals surface area contributed by atoms with E-state index in [4.69, 9.17) is 9.47 Å². The molecule has 1 aromatic rings. The van der Waals surface area contributed by atoms with Gasteiger partial charge in [-0.3, -0.25) is 5.32 Å². The number of benzene rings is 1. The smallest absolute Gasteiger partial charge is 0.134 e. The maximum atomic E-state index is 5.60. The van der Waals surface area contributed by atoms with E-state index in [1.165, 1.54) is 0 Å². The molecule has 1 atom stereocenters. The number of rotatable bonds is 2. The van der Waals surface area contributed by atoms with E-state index in [0.29, 0.717) is 0 Å². The SMILES string of the molecule is COc1cccc(C2NCCCO2)c1.Cl. The summed E-state index contributed by atoms with van der Waals surface area (Å²) in [5.41, 5.74) is 1.13. The van der Waals surface area contributed by atoms with E-state index < -0.39 is 0 Å². The van der Waals surface area contributed by atoms with Crippen molar-refractivity contribution in [2.45, 2.75) is 12.6 Å². The lowest BCUT2D eigenvalue weighted by Crippen LogP contribution is -2.31. The van der Waals surface area contributed by atoms with Gasteiger partial charge in [-0.2, -0.15) is 0 Å². The van der Waals surface area contributed by atoms with Crippen molar-refractivity contribution in [3.05, 3.63) is 29.8 Å². The summed E-state index contributed by atoms with van der Waals surface area (Å²) in [5.74, 6) is 0.874. The Balaban J connectivity index is 0.00000112. The molecule has 0 spiro atoms. The highest BCUT2D eigenvalue weighted by atomic mass is 35.5. The van der Waals surface area contributed by atoms with Gasteiger partial charge in [-0.1, -0.05) is 12.1 Å². The summed E-state index contributed by atoms with van der Waals surface area (Å²) >= 11 is 0. The lowest BCUT2D eigenvalue weighted by molar-refractivity contribution is -0.000418. The highest BCUT2D eigenvalue weighted by molar-refractivity contribution is 5.85. The van der Waals surface area contributed by atoms with Crippen molar-refractivity contribution in [1.29, 1.82) is 0 Å². The average Bonchev–Trinajstić information content (AvgIpc) is 2.30. The summed E-state index contributed by atoms with van der Waals surface area (Å²) in [7, 11) is 1.67. The molecule has 1 aliphatic rings. The first-order chi connectivity index (χ1) is 6.90. The molecule has 0 bridgehead atoms. The van der Waals surface area contributed by atoms with Crippen LogP contribution in [0.1, 0.15) is 18.2 Å². The molecular weight excluding hydrogens is 214 g/mol. The zero-order valence-electron chi connectivity index (χ0n) is 8.73. The molecule has 2 rings (SSSR count). The van der Waals surface area contributed by atoms with E-state index in [2.05, 4.69) is 5.32 Å². The maximum Gasteiger partial charge on any atom is 0.134 e. The van der Waals surface area contributed by atoms with Gasteiger partial charge in [-0.15, -0.1) is 12.4 Å². The van der Waals surface area contributed by atoms with Crippen molar-refractivity contribution in [3.63, 3.8) is 0 Å². The minimum atomic E-state index is 0. The molecular formula is C11H16ClNO2. The van der Waals surface area contributed by atoms with Crippen LogP contribution >= 0.6 is 12.4 Å². The number of methoxy groups -OCH3 is 1. The lowest BCUT2D eigenvalue weighted by atomic mass is 10.1. The van der Waals surface area contributed by atoms with Crippen LogP contribution in [0, 0.1) is 0 Å². The monoisotopic (exact) mass is 229 g/mol. The largest absolute Gasteiger partial charge is 0.497 e. The zero-order valence-corrected chi connectivity index (χ0v) is 9.55. The van der Waals surface area contributed by atoms with E-state index in [-0.39, 0.29) is 18.6 Å². The first-order valence-electron chi connectivity index (χ1n) is 4.89. The molecule has 15 heavy (non-hydrogen) atoms. The molecule has 0 radical (unpaired) electrons. The summed E-state index contributed by atoms with van der Waals surface area (Å²) in [6, 6.07) is 7.97. The van der Waals surface area contributed by atoms with Gasteiger partial charge in [0.1, 0.15) is 12.0 Å².